The molecule has 0 aromatic heterocycles. The van der Waals surface area contributed by atoms with Gasteiger partial charge in [-0.15, -0.1) is 0 Å². The number of hydrogen-bond acceptors (Lipinski definition) is 4. The summed E-state index contributed by atoms with van der Waals surface area (Å²) < 4.78 is 11.8. The lowest BCUT2D eigenvalue weighted by Gasteiger charge is -2.37. The quantitative estimate of drug-likeness (QED) is 0.583. The molecule has 2 atom stereocenters. The first-order valence-electron chi connectivity index (χ1n) is 11.1. The number of nitrogens with zero attached hydrogens (tertiary/aromatic N) is 3. The predicted molar refractivity (Wildman–Crippen MR) is 117 cm³/mol. The summed E-state index contributed by atoms with van der Waals surface area (Å²) in [6.45, 7) is 5.45. The highest BCUT2D eigenvalue weighted by Crippen LogP contribution is 2.21. The molecule has 0 radical (unpaired) electrons. The minimum absolute atomic E-state index is 0.0121. The van der Waals surface area contributed by atoms with Crippen LogP contribution in [0.4, 0.5) is 10.5 Å². The van der Waals surface area contributed by atoms with E-state index < -0.39 is 0 Å². The molecule has 164 valence electrons. The first-order valence-corrected chi connectivity index (χ1v) is 11.1. The van der Waals surface area contributed by atoms with Crippen molar-refractivity contribution in [2.75, 3.05) is 51.8 Å². The Kier molecular flexibility index (Phi) is 7.07. The largest absolute Gasteiger partial charge is 0.375 e. The molecule has 3 aliphatic rings. The number of anilines is 1. The molecule has 3 saturated heterocycles. The maximum atomic E-state index is 12.3. The first-order chi connectivity index (χ1) is 14.7. The lowest BCUT2D eigenvalue weighted by Crippen LogP contribution is -2.53. The fraction of sp³-hybridized carbons (Fsp3) is 0.636. The van der Waals surface area contributed by atoms with Crippen LogP contribution >= 0.6 is 0 Å². The van der Waals surface area contributed by atoms with Gasteiger partial charge in [0.15, 0.2) is 5.96 Å². The third-order valence-electron chi connectivity index (χ3n) is 6.01. The van der Waals surface area contributed by atoms with E-state index in [1.807, 2.05) is 30.1 Å². The highest BCUT2D eigenvalue weighted by molar-refractivity contribution is 5.89. The molecule has 3 fully saturated rings. The topological polar surface area (TPSA) is 78.4 Å². The summed E-state index contributed by atoms with van der Waals surface area (Å²) in [5.74, 6) is 0.868. The number of morpholine rings is 1. The van der Waals surface area contributed by atoms with E-state index in [-0.39, 0.29) is 18.2 Å². The number of benzene rings is 1. The van der Waals surface area contributed by atoms with Crippen LogP contribution in [-0.4, -0.2) is 80.4 Å². The molecular weight excluding hydrogens is 382 g/mol. The number of hydrogen-bond donors (Lipinski definition) is 2. The molecule has 8 nitrogen and oxygen atoms in total. The van der Waals surface area contributed by atoms with Gasteiger partial charge in [-0.25, -0.2) is 4.79 Å². The van der Waals surface area contributed by atoms with Gasteiger partial charge in [0.25, 0.3) is 0 Å². The summed E-state index contributed by atoms with van der Waals surface area (Å²) in [4.78, 5) is 20.9. The average Bonchev–Trinajstić information content (AvgIpc) is 3.49. The number of rotatable bonds is 4. The molecular formula is C22H33N5O3. The zero-order chi connectivity index (χ0) is 20.8. The van der Waals surface area contributed by atoms with Gasteiger partial charge in [-0.1, -0.05) is 12.1 Å². The van der Waals surface area contributed by atoms with Gasteiger partial charge in [0.1, 0.15) is 6.10 Å². The van der Waals surface area contributed by atoms with Crippen LogP contribution in [0, 0.1) is 0 Å². The first kappa shape index (κ1) is 20.9. The molecule has 3 heterocycles. The second-order valence-electron chi connectivity index (χ2n) is 8.13. The standard InChI is InChI=1S/C22H33N5O3/c1-23-21(27-11-13-30-20(16-27)19-8-5-12-29-19)24-15-17-6-4-7-18(14-17)25-22(28)26-9-2-3-10-26/h4,6-7,14,19-20H,2-3,5,8-13,15-16H2,1H3,(H,23,24)(H,25,28). The van der Waals surface area contributed by atoms with E-state index in [0.29, 0.717) is 13.2 Å². The molecule has 2 N–H and O–H groups in total. The third kappa shape index (κ3) is 5.23. The van der Waals surface area contributed by atoms with Crippen molar-refractivity contribution in [3.8, 4) is 0 Å². The zero-order valence-corrected chi connectivity index (χ0v) is 17.8. The van der Waals surface area contributed by atoms with E-state index in [4.69, 9.17) is 9.47 Å². The van der Waals surface area contributed by atoms with Crippen molar-refractivity contribution >= 4 is 17.7 Å². The van der Waals surface area contributed by atoms with Crippen LogP contribution in [0.1, 0.15) is 31.2 Å². The lowest BCUT2D eigenvalue weighted by atomic mass is 10.1. The highest BCUT2D eigenvalue weighted by atomic mass is 16.5. The van der Waals surface area contributed by atoms with E-state index >= 15 is 0 Å². The molecule has 8 heteroatoms. The van der Waals surface area contributed by atoms with Gasteiger partial charge in [0, 0.05) is 52.1 Å². The van der Waals surface area contributed by atoms with Gasteiger partial charge >= 0.3 is 6.03 Å². The van der Waals surface area contributed by atoms with Gasteiger partial charge in [0.2, 0.25) is 0 Å². The summed E-state index contributed by atoms with van der Waals surface area (Å²) in [7, 11) is 1.81. The highest BCUT2D eigenvalue weighted by Gasteiger charge is 2.32. The van der Waals surface area contributed by atoms with Crippen molar-refractivity contribution < 1.29 is 14.3 Å². The van der Waals surface area contributed by atoms with Gasteiger partial charge in [-0.05, 0) is 43.4 Å². The van der Waals surface area contributed by atoms with Gasteiger partial charge in [-0.3, -0.25) is 4.99 Å². The van der Waals surface area contributed by atoms with E-state index in [0.717, 1.165) is 75.7 Å². The molecule has 1 aromatic rings. The monoisotopic (exact) mass is 415 g/mol. The number of carbonyl (C=O) groups excluding carboxylic acids is 1. The summed E-state index contributed by atoms with van der Waals surface area (Å²) in [6, 6.07) is 7.97. The number of amides is 2. The van der Waals surface area contributed by atoms with E-state index in [1.54, 1.807) is 0 Å². The number of aliphatic imine (C=N–C) groups is 1. The van der Waals surface area contributed by atoms with Crippen molar-refractivity contribution in [3.63, 3.8) is 0 Å². The van der Waals surface area contributed by atoms with Crippen LogP contribution in [0.25, 0.3) is 0 Å². The van der Waals surface area contributed by atoms with Crippen molar-refractivity contribution in [2.24, 2.45) is 4.99 Å². The summed E-state index contributed by atoms with van der Waals surface area (Å²) >= 11 is 0. The van der Waals surface area contributed by atoms with Crippen molar-refractivity contribution in [2.45, 2.75) is 44.4 Å². The minimum Gasteiger partial charge on any atom is -0.375 e. The second kappa shape index (κ2) is 10.1. The van der Waals surface area contributed by atoms with Crippen molar-refractivity contribution in [1.82, 2.24) is 15.1 Å². The molecule has 3 aliphatic heterocycles. The summed E-state index contributed by atoms with van der Waals surface area (Å²) in [5, 5.41) is 6.47. The Morgan fingerprint density at radius 3 is 2.70 bits per heavy atom. The Balaban J connectivity index is 1.31. The van der Waals surface area contributed by atoms with E-state index in [1.165, 1.54) is 0 Å². The Labute approximate surface area is 178 Å². The van der Waals surface area contributed by atoms with Crippen LogP contribution in [-0.2, 0) is 16.0 Å². The van der Waals surface area contributed by atoms with E-state index in [2.05, 4.69) is 26.6 Å². The van der Waals surface area contributed by atoms with Crippen molar-refractivity contribution in [1.29, 1.82) is 0 Å². The molecule has 0 bridgehead atoms. The zero-order valence-electron chi connectivity index (χ0n) is 17.8. The number of ether oxygens (including phenoxy) is 2. The fourth-order valence-electron chi connectivity index (χ4n) is 4.38. The third-order valence-corrected chi connectivity index (χ3v) is 6.01. The Morgan fingerprint density at radius 2 is 1.93 bits per heavy atom. The molecule has 4 rings (SSSR count). The smallest absolute Gasteiger partial charge is 0.321 e. The predicted octanol–water partition coefficient (Wildman–Crippen LogP) is 2.27. The van der Waals surface area contributed by atoms with E-state index in [9.17, 15) is 4.79 Å². The van der Waals surface area contributed by atoms with Crippen LogP contribution in [0.2, 0.25) is 0 Å². The maximum Gasteiger partial charge on any atom is 0.321 e. The Morgan fingerprint density at radius 1 is 1.10 bits per heavy atom. The second-order valence-corrected chi connectivity index (χ2v) is 8.13. The van der Waals surface area contributed by atoms with Crippen LogP contribution in [0.5, 0.6) is 0 Å². The molecule has 0 spiro atoms. The number of guanidine groups is 1. The average molecular weight is 416 g/mol. The van der Waals surface area contributed by atoms with Gasteiger partial charge < -0.3 is 29.9 Å². The molecule has 30 heavy (non-hydrogen) atoms. The van der Waals surface area contributed by atoms with Crippen molar-refractivity contribution in [3.05, 3.63) is 29.8 Å². The lowest BCUT2D eigenvalue weighted by molar-refractivity contribution is -0.0817. The fourth-order valence-corrected chi connectivity index (χ4v) is 4.38. The number of likely N-dealkylation sites (tertiary alicyclic amines) is 1. The summed E-state index contributed by atoms with van der Waals surface area (Å²) in [5.41, 5.74) is 1.92. The number of nitrogens with one attached hydrogen (secondary N) is 2. The van der Waals surface area contributed by atoms with Crippen LogP contribution in [0.3, 0.4) is 0 Å². The SMILES string of the molecule is CN=C(NCc1cccc(NC(=O)N2CCCC2)c1)N1CCOC(C2CCCO2)C1. The van der Waals surface area contributed by atoms with Crippen LogP contribution < -0.4 is 10.6 Å². The number of carbonyl (C=O) groups is 1. The molecule has 2 amide bonds. The molecule has 0 aliphatic carbocycles. The number of urea groups is 1. The molecule has 0 saturated carbocycles. The normalized spacial score (nSPS) is 24.9. The maximum absolute atomic E-state index is 12.3. The molecule has 1 aromatic carbocycles. The summed E-state index contributed by atoms with van der Waals surface area (Å²) in [6.07, 6.45) is 4.66. The Hall–Kier alpha value is -2.32. The minimum atomic E-state index is -0.0121. The molecule has 2 unspecified atom stereocenters. The van der Waals surface area contributed by atoms with Gasteiger partial charge in [0.05, 0.1) is 12.7 Å². The van der Waals surface area contributed by atoms with Gasteiger partial charge in [-0.2, -0.15) is 0 Å². The Bertz CT molecular complexity index is 744. The van der Waals surface area contributed by atoms with Crippen LogP contribution in [0.15, 0.2) is 29.3 Å².